The molecule has 1 aliphatic heterocycles. The van der Waals surface area contributed by atoms with Crippen LogP contribution in [0.2, 0.25) is 0 Å². The van der Waals surface area contributed by atoms with E-state index in [0.29, 0.717) is 37.7 Å². The van der Waals surface area contributed by atoms with Crippen molar-refractivity contribution in [2.45, 2.75) is 0 Å². The van der Waals surface area contributed by atoms with E-state index >= 15 is 0 Å². The minimum Gasteiger partial charge on any atom is -0.493 e. The van der Waals surface area contributed by atoms with Crippen molar-refractivity contribution < 1.29 is 23.1 Å². The molecule has 1 aliphatic rings. The molecule has 2 amide bonds. The molecule has 0 saturated heterocycles. The fourth-order valence-corrected chi connectivity index (χ4v) is 4.26. The number of methoxy groups -OCH3 is 1. The lowest BCUT2D eigenvalue weighted by atomic mass is 9.95. The highest BCUT2D eigenvalue weighted by Gasteiger charge is 2.35. The summed E-state index contributed by atoms with van der Waals surface area (Å²) in [5.74, 6) is -1.01. The van der Waals surface area contributed by atoms with Crippen LogP contribution in [0.3, 0.4) is 0 Å². The molecule has 2 aromatic heterocycles. The molecular weight excluding hydrogens is 455 g/mol. The van der Waals surface area contributed by atoms with Crippen LogP contribution in [0.4, 0.5) is 4.39 Å². The monoisotopic (exact) mass is 468 g/mol. The van der Waals surface area contributed by atoms with E-state index in [2.05, 4.69) is 21.2 Å². The number of amides is 2. The summed E-state index contributed by atoms with van der Waals surface area (Å²) < 4.78 is 27.4. The number of aromatic nitrogens is 1. The second kappa shape index (κ2) is 6.56. The first-order valence-corrected chi connectivity index (χ1v) is 9.79. The van der Waals surface area contributed by atoms with Crippen LogP contribution in [0.25, 0.3) is 33.0 Å². The maximum Gasteiger partial charge on any atom is 0.259 e. The number of carbonyl (C=O) groups is 2. The third kappa shape index (κ3) is 2.53. The summed E-state index contributed by atoms with van der Waals surface area (Å²) in [5, 5.41) is 3.53. The molecule has 150 valence electrons. The summed E-state index contributed by atoms with van der Waals surface area (Å²) in [5.41, 5.74) is 2.49. The van der Waals surface area contributed by atoms with Crippen molar-refractivity contribution in [1.82, 2.24) is 9.88 Å². The fraction of sp³-hybridized carbons (Fsp3) is 0.0909. The summed E-state index contributed by atoms with van der Waals surface area (Å²) in [6.07, 6.45) is 3.15. The van der Waals surface area contributed by atoms with Crippen LogP contribution in [-0.4, -0.2) is 23.5 Å². The van der Waals surface area contributed by atoms with E-state index in [1.165, 1.54) is 19.4 Å². The number of hydrogen-bond acceptors (Lipinski definition) is 4. The lowest BCUT2D eigenvalue weighted by molar-refractivity contribution is -0.122. The lowest BCUT2D eigenvalue weighted by Crippen LogP contribution is -2.22. The van der Waals surface area contributed by atoms with Gasteiger partial charge in [0.1, 0.15) is 12.1 Å². The van der Waals surface area contributed by atoms with Crippen LogP contribution in [0, 0.1) is 5.82 Å². The first-order chi connectivity index (χ1) is 14.4. The molecule has 30 heavy (non-hydrogen) atoms. The summed E-state index contributed by atoms with van der Waals surface area (Å²) >= 11 is 3.19. The molecule has 0 unspecified atom stereocenters. The van der Waals surface area contributed by atoms with Gasteiger partial charge in [-0.15, -0.1) is 0 Å². The largest absolute Gasteiger partial charge is 0.493 e. The van der Waals surface area contributed by atoms with Crippen LogP contribution in [-0.2, 0) is 16.6 Å². The minimum atomic E-state index is -0.539. The third-order valence-electron chi connectivity index (χ3n) is 5.29. The first kappa shape index (κ1) is 18.6. The minimum absolute atomic E-state index is 0.179. The van der Waals surface area contributed by atoms with Crippen molar-refractivity contribution >= 4 is 60.8 Å². The average molecular weight is 469 g/mol. The predicted molar refractivity (Wildman–Crippen MR) is 113 cm³/mol. The molecule has 0 saturated carbocycles. The summed E-state index contributed by atoms with van der Waals surface area (Å²) in [6.45, 7) is 0. The number of carbonyl (C=O) groups excluding carboxylic acids is 2. The van der Waals surface area contributed by atoms with Gasteiger partial charge in [0.15, 0.2) is 11.3 Å². The van der Waals surface area contributed by atoms with E-state index in [1.54, 1.807) is 42.1 Å². The van der Waals surface area contributed by atoms with E-state index < -0.39 is 17.6 Å². The summed E-state index contributed by atoms with van der Waals surface area (Å²) in [6, 6.07) is 8.31. The van der Waals surface area contributed by atoms with Gasteiger partial charge >= 0.3 is 0 Å². The van der Waals surface area contributed by atoms with Gasteiger partial charge in [0, 0.05) is 40.7 Å². The van der Waals surface area contributed by atoms with Gasteiger partial charge in [-0.2, -0.15) is 0 Å². The van der Waals surface area contributed by atoms with E-state index in [9.17, 15) is 14.0 Å². The van der Waals surface area contributed by atoms with Crippen LogP contribution >= 0.6 is 15.9 Å². The Morgan fingerprint density at radius 1 is 1.10 bits per heavy atom. The summed E-state index contributed by atoms with van der Waals surface area (Å²) in [7, 11) is 3.32. The number of benzene rings is 2. The first-order valence-electron chi connectivity index (χ1n) is 8.99. The molecule has 0 spiro atoms. The number of nitrogens with one attached hydrogen (secondary N) is 1. The molecule has 6 nitrogen and oxygen atoms in total. The third-order valence-corrected chi connectivity index (χ3v) is 5.89. The van der Waals surface area contributed by atoms with Gasteiger partial charge in [0.2, 0.25) is 0 Å². The smallest absolute Gasteiger partial charge is 0.259 e. The highest BCUT2D eigenvalue weighted by molar-refractivity contribution is 9.10. The van der Waals surface area contributed by atoms with Crippen molar-refractivity contribution in [1.29, 1.82) is 0 Å². The number of ether oxygens (including phenoxy) is 1. The molecule has 3 heterocycles. The maximum absolute atomic E-state index is 14.3. The van der Waals surface area contributed by atoms with Crippen molar-refractivity contribution in [2.75, 3.05) is 7.11 Å². The number of imide groups is 1. The number of fused-ring (bicyclic) bond motifs is 2. The molecule has 0 atom stereocenters. The van der Waals surface area contributed by atoms with Gasteiger partial charge in [-0.1, -0.05) is 12.1 Å². The number of aryl methyl sites for hydroxylation is 1. The topological polar surface area (TPSA) is 73.5 Å². The van der Waals surface area contributed by atoms with Crippen LogP contribution in [0.5, 0.6) is 5.75 Å². The maximum atomic E-state index is 14.3. The Morgan fingerprint density at radius 3 is 2.57 bits per heavy atom. The van der Waals surface area contributed by atoms with Gasteiger partial charge in [-0.3, -0.25) is 14.9 Å². The number of halogens is 2. The molecule has 0 fully saturated rings. The highest BCUT2D eigenvalue weighted by atomic mass is 79.9. The van der Waals surface area contributed by atoms with E-state index in [4.69, 9.17) is 9.15 Å². The molecule has 0 bridgehead atoms. The lowest BCUT2D eigenvalue weighted by Gasteiger charge is -2.04. The van der Waals surface area contributed by atoms with Gasteiger partial charge in [0.05, 0.1) is 22.7 Å². The van der Waals surface area contributed by atoms with E-state index in [-0.39, 0.29) is 11.1 Å². The Bertz CT molecular complexity index is 1430. The van der Waals surface area contributed by atoms with Crippen molar-refractivity contribution in [3.8, 4) is 5.75 Å². The van der Waals surface area contributed by atoms with Crippen LogP contribution in [0.15, 0.2) is 51.7 Å². The number of rotatable bonds is 3. The summed E-state index contributed by atoms with van der Waals surface area (Å²) in [4.78, 5) is 25.6. The zero-order valence-electron chi connectivity index (χ0n) is 15.9. The quantitative estimate of drug-likeness (QED) is 0.452. The second-order valence-corrected chi connectivity index (χ2v) is 7.81. The van der Waals surface area contributed by atoms with E-state index in [1.807, 2.05) is 0 Å². The SMILES string of the molecule is COc1cccc2c(C3=C(c4cn(C)c5cc(Br)c(F)cc45)C(=O)NC3=O)coc12. The number of nitrogens with zero attached hydrogens (tertiary/aromatic N) is 1. The van der Waals surface area contributed by atoms with Gasteiger partial charge in [0.25, 0.3) is 11.8 Å². The zero-order chi connectivity index (χ0) is 21.2. The van der Waals surface area contributed by atoms with Crippen molar-refractivity contribution in [2.24, 2.45) is 7.05 Å². The molecule has 2 aromatic carbocycles. The van der Waals surface area contributed by atoms with E-state index in [0.717, 1.165) is 5.52 Å². The Morgan fingerprint density at radius 2 is 1.83 bits per heavy atom. The van der Waals surface area contributed by atoms with Gasteiger partial charge < -0.3 is 13.7 Å². The molecule has 8 heteroatoms. The fourth-order valence-electron chi connectivity index (χ4n) is 3.93. The molecule has 4 aromatic rings. The number of hydrogen-bond donors (Lipinski definition) is 1. The zero-order valence-corrected chi connectivity index (χ0v) is 17.5. The number of para-hydroxylation sites is 1. The highest BCUT2D eigenvalue weighted by Crippen LogP contribution is 2.41. The molecule has 0 radical (unpaired) electrons. The Hall–Kier alpha value is -3.39. The van der Waals surface area contributed by atoms with Crippen LogP contribution < -0.4 is 10.1 Å². The Balaban J connectivity index is 1.85. The normalized spacial score (nSPS) is 14.3. The molecular formula is C22H14BrFN2O4. The Labute approximate surface area is 178 Å². The molecule has 5 rings (SSSR count). The van der Waals surface area contributed by atoms with Crippen molar-refractivity contribution in [3.05, 3.63) is 64.2 Å². The van der Waals surface area contributed by atoms with Gasteiger partial charge in [-0.05, 0) is 34.1 Å². The van der Waals surface area contributed by atoms with Gasteiger partial charge in [-0.25, -0.2) is 4.39 Å². The van der Waals surface area contributed by atoms with Crippen LogP contribution in [0.1, 0.15) is 11.1 Å². The second-order valence-electron chi connectivity index (χ2n) is 6.96. The predicted octanol–water partition coefficient (Wildman–Crippen LogP) is 4.40. The Kier molecular flexibility index (Phi) is 4.08. The average Bonchev–Trinajstić information content (AvgIpc) is 3.36. The van der Waals surface area contributed by atoms with Crippen molar-refractivity contribution in [3.63, 3.8) is 0 Å². The number of furan rings is 1. The standard InChI is InChI=1S/C22H14BrFN2O4/c1-26-8-12(11-6-15(24)14(23)7-16(11)26)18-19(22(28)25-21(18)27)13-9-30-20-10(13)4-3-5-17(20)29-2/h3-9H,1-2H3,(H,25,27,28). The molecule has 0 aliphatic carbocycles. The molecule has 1 N–H and O–H groups in total.